The molecule has 0 saturated carbocycles. The van der Waals surface area contributed by atoms with Gasteiger partial charge in [0.2, 0.25) is 0 Å². The van der Waals surface area contributed by atoms with Gasteiger partial charge in [-0.1, -0.05) is 18.7 Å². The predicted octanol–water partition coefficient (Wildman–Crippen LogP) is 4.28. The van der Waals surface area contributed by atoms with Gasteiger partial charge in [-0.05, 0) is 47.8 Å². The first-order valence-electron chi connectivity index (χ1n) is 7.46. The van der Waals surface area contributed by atoms with Gasteiger partial charge in [0.05, 0.1) is 23.0 Å². The average Bonchev–Trinajstić information content (AvgIpc) is 3.03. The van der Waals surface area contributed by atoms with Crippen LogP contribution in [0.5, 0.6) is 0 Å². The second-order valence-corrected chi connectivity index (χ2v) is 6.11. The van der Waals surface area contributed by atoms with Crippen molar-refractivity contribution in [1.82, 2.24) is 9.78 Å². The maximum absolute atomic E-state index is 13.2. The van der Waals surface area contributed by atoms with E-state index in [1.54, 1.807) is 18.2 Å². The van der Waals surface area contributed by atoms with Crippen LogP contribution in [-0.4, -0.2) is 9.78 Å². The number of allylic oxidation sites excluding steroid dienone is 1. The van der Waals surface area contributed by atoms with Crippen LogP contribution >= 0.6 is 11.9 Å². The van der Waals surface area contributed by atoms with Gasteiger partial charge < -0.3 is 5.32 Å². The number of halogens is 2. The van der Waals surface area contributed by atoms with Gasteiger partial charge in [0.1, 0.15) is 5.82 Å². The SMILES string of the molecule is C=C(Cc1ccc(F)cc1)Nc1ccc(-n2cc(F)cn2)c(SN)c1. The molecule has 2 aromatic carbocycles. The maximum Gasteiger partial charge on any atom is 0.161 e. The third-order valence-electron chi connectivity index (χ3n) is 3.54. The molecule has 25 heavy (non-hydrogen) atoms. The monoisotopic (exact) mass is 358 g/mol. The molecule has 3 N–H and O–H groups in total. The molecule has 7 heteroatoms. The van der Waals surface area contributed by atoms with Crippen molar-refractivity contribution in [3.63, 3.8) is 0 Å². The molecule has 1 heterocycles. The van der Waals surface area contributed by atoms with E-state index in [2.05, 4.69) is 17.0 Å². The number of hydrogen-bond acceptors (Lipinski definition) is 4. The summed E-state index contributed by atoms with van der Waals surface area (Å²) >= 11 is 1.05. The van der Waals surface area contributed by atoms with Crippen molar-refractivity contribution in [2.24, 2.45) is 5.14 Å². The Morgan fingerprint density at radius 3 is 2.56 bits per heavy atom. The zero-order valence-electron chi connectivity index (χ0n) is 13.2. The van der Waals surface area contributed by atoms with Crippen molar-refractivity contribution in [3.8, 4) is 5.69 Å². The van der Waals surface area contributed by atoms with Gasteiger partial charge in [-0.25, -0.2) is 13.5 Å². The molecule has 3 rings (SSSR count). The molecule has 0 bridgehead atoms. The fourth-order valence-electron chi connectivity index (χ4n) is 2.41. The van der Waals surface area contributed by atoms with Crippen LogP contribution in [0.25, 0.3) is 5.69 Å². The van der Waals surface area contributed by atoms with E-state index in [1.165, 1.54) is 23.0 Å². The van der Waals surface area contributed by atoms with Gasteiger partial charge in [-0.3, -0.25) is 5.14 Å². The highest BCUT2D eigenvalue weighted by molar-refractivity contribution is 7.97. The molecule has 0 aliphatic rings. The van der Waals surface area contributed by atoms with Crippen LogP contribution in [0.4, 0.5) is 14.5 Å². The molecule has 128 valence electrons. The number of hydrogen-bond donors (Lipinski definition) is 2. The molecule has 0 radical (unpaired) electrons. The number of nitrogens with one attached hydrogen (secondary N) is 1. The van der Waals surface area contributed by atoms with E-state index >= 15 is 0 Å². The van der Waals surface area contributed by atoms with Gasteiger partial charge in [0, 0.05) is 17.8 Å². The molecule has 1 aromatic heterocycles. The summed E-state index contributed by atoms with van der Waals surface area (Å²) in [4.78, 5) is 0.739. The van der Waals surface area contributed by atoms with Gasteiger partial charge in [-0.15, -0.1) is 0 Å². The number of nitrogens with zero attached hydrogens (tertiary/aromatic N) is 2. The van der Waals surface area contributed by atoms with Crippen molar-refractivity contribution < 1.29 is 8.78 Å². The lowest BCUT2D eigenvalue weighted by atomic mass is 10.1. The van der Waals surface area contributed by atoms with E-state index in [4.69, 9.17) is 5.14 Å². The van der Waals surface area contributed by atoms with E-state index in [-0.39, 0.29) is 5.82 Å². The first kappa shape index (κ1) is 17.2. The highest BCUT2D eigenvalue weighted by Gasteiger charge is 2.08. The third kappa shape index (κ3) is 4.26. The third-order valence-corrected chi connectivity index (χ3v) is 4.12. The van der Waals surface area contributed by atoms with Gasteiger partial charge in [0.15, 0.2) is 5.82 Å². The lowest BCUT2D eigenvalue weighted by molar-refractivity contribution is 0.626. The summed E-state index contributed by atoms with van der Waals surface area (Å²) in [6, 6.07) is 11.8. The minimum atomic E-state index is -0.414. The quantitative estimate of drug-likeness (QED) is 0.646. The zero-order valence-corrected chi connectivity index (χ0v) is 14.1. The Hall–Kier alpha value is -2.64. The first-order chi connectivity index (χ1) is 12.0. The summed E-state index contributed by atoms with van der Waals surface area (Å²) in [6.45, 7) is 4.00. The normalized spacial score (nSPS) is 10.7. The molecule has 0 aliphatic carbocycles. The molecule has 3 aromatic rings. The van der Waals surface area contributed by atoms with Crippen LogP contribution in [-0.2, 0) is 6.42 Å². The fraction of sp³-hybridized carbons (Fsp3) is 0.0556. The standard InChI is InChI=1S/C18H16F2N4S/c1-12(8-13-2-4-14(19)5-3-13)23-16-6-7-17(18(9-16)25-21)24-11-15(20)10-22-24/h2-7,9-11,23H,1,8,21H2. The van der Waals surface area contributed by atoms with Crippen LogP contribution in [0.1, 0.15) is 5.56 Å². The molecular weight excluding hydrogens is 342 g/mol. The van der Waals surface area contributed by atoms with Crippen LogP contribution in [0, 0.1) is 11.6 Å². The molecule has 0 unspecified atom stereocenters. The Morgan fingerprint density at radius 2 is 1.92 bits per heavy atom. The van der Waals surface area contributed by atoms with Crippen LogP contribution in [0.15, 0.2) is 72.0 Å². The van der Waals surface area contributed by atoms with Gasteiger partial charge in [0.25, 0.3) is 0 Å². The van der Waals surface area contributed by atoms with Crippen molar-refractivity contribution in [1.29, 1.82) is 0 Å². The lowest BCUT2D eigenvalue weighted by Crippen LogP contribution is -2.04. The van der Waals surface area contributed by atoms with Crippen LogP contribution in [0.3, 0.4) is 0 Å². The van der Waals surface area contributed by atoms with Gasteiger partial charge in [-0.2, -0.15) is 5.10 Å². The van der Waals surface area contributed by atoms with Crippen molar-refractivity contribution in [3.05, 3.63) is 84.3 Å². The summed E-state index contributed by atoms with van der Waals surface area (Å²) in [5.74, 6) is -0.680. The summed E-state index contributed by atoms with van der Waals surface area (Å²) in [5, 5.41) is 12.9. The Labute approximate surface area is 148 Å². The summed E-state index contributed by atoms with van der Waals surface area (Å²) in [6.07, 6.45) is 2.99. The Morgan fingerprint density at radius 1 is 1.16 bits per heavy atom. The molecule has 0 amide bonds. The molecule has 0 spiro atoms. The van der Waals surface area contributed by atoms with E-state index in [0.29, 0.717) is 12.1 Å². The van der Waals surface area contributed by atoms with Crippen molar-refractivity contribution >= 4 is 17.6 Å². The summed E-state index contributed by atoms with van der Waals surface area (Å²) < 4.78 is 27.5. The first-order valence-corrected chi connectivity index (χ1v) is 8.33. The highest BCUT2D eigenvalue weighted by atomic mass is 32.2. The fourth-order valence-corrected chi connectivity index (χ4v) is 2.88. The average molecular weight is 358 g/mol. The summed E-state index contributed by atoms with van der Waals surface area (Å²) in [5.41, 5.74) is 3.20. The molecular formula is C18H16F2N4S. The van der Waals surface area contributed by atoms with E-state index in [0.717, 1.165) is 40.0 Å². The Kier molecular flexibility index (Phi) is 5.16. The van der Waals surface area contributed by atoms with Crippen molar-refractivity contribution in [2.45, 2.75) is 11.3 Å². The zero-order chi connectivity index (χ0) is 17.8. The molecule has 4 nitrogen and oxygen atoms in total. The maximum atomic E-state index is 13.2. The topological polar surface area (TPSA) is 55.9 Å². The molecule has 0 fully saturated rings. The molecule has 0 saturated heterocycles. The van der Waals surface area contributed by atoms with Crippen LogP contribution < -0.4 is 10.5 Å². The van der Waals surface area contributed by atoms with E-state index in [9.17, 15) is 8.78 Å². The number of nitrogens with two attached hydrogens (primary N) is 1. The minimum Gasteiger partial charge on any atom is -0.359 e. The minimum absolute atomic E-state index is 0.266. The highest BCUT2D eigenvalue weighted by Crippen LogP contribution is 2.26. The largest absolute Gasteiger partial charge is 0.359 e. The predicted molar refractivity (Wildman–Crippen MR) is 96.4 cm³/mol. The number of aromatic nitrogens is 2. The second-order valence-electron chi connectivity index (χ2n) is 5.44. The lowest BCUT2D eigenvalue weighted by Gasteiger charge is -2.13. The summed E-state index contributed by atoms with van der Waals surface area (Å²) in [7, 11) is 0. The van der Waals surface area contributed by atoms with Crippen LogP contribution in [0.2, 0.25) is 0 Å². The van der Waals surface area contributed by atoms with Gasteiger partial charge >= 0.3 is 0 Å². The molecule has 0 atom stereocenters. The Bertz CT molecular complexity index is 890. The smallest absolute Gasteiger partial charge is 0.161 e. The second kappa shape index (κ2) is 7.50. The molecule has 0 aliphatic heterocycles. The Balaban J connectivity index is 1.74. The van der Waals surface area contributed by atoms with Crippen molar-refractivity contribution in [2.75, 3.05) is 5.32 Å². The number of anilines is 1. The number of benzene rings is 2. The van der Waals surface area contributed by atoms with E-state index in [1.807, 2.05) is 12.1 Å². The number of rotatable bonds is 6. The van der Waals surface area contributed by atoms with E-state index < -0.39 is 5.82 Å².